The van der Waals surface area contributed by atoms with Gasteiger partial charge in [-0.1, -0.05) is 0 Å². The van der Waals surface area contributed by atoms with Crippen LogP contribution in [0, 0.1) is 11.7 Å². The van der Waals surface area contributed by atoms with Gasteiger partial charge in [0.15, 0.2) is 0 Å². The van der Waals surface area contributed by atoms with Crippen LogP contribution in [0.5, 0.6) is 0 Å². The maximum absolute atomic E-state index is 12.9. The van der Waals surface area contributed by atoms with Crippen LogP contribution in [0.1, 0.15) is 12.8 Å². The summed E-state index contributed by atoms with van der Waals surface area (Å²) in [6.45, 7) is 0.351. The number of carbonyl (C=O) groups is 2. The Hall–Kier alpha value is -1.43. The molecule has 1 heterocycles. The van der Waals surface area contributed by atoms with Gasteiger partial charge in [0, 0.05) is 17.4 Å². The van der Waals surface area contributed by atoms with Crippen molar-refractivity contribution in [2.75, 3.05) is 11.9 Å². The summed E-state index contributed by atoms with van der Waals surface area (Å²) in [5.41, 5.74) is 0.526. The first kappa shape index (κ1) is 13.0. The molecule has 2 rings (SSSR count). The fourth-order valence-electron chi connectivity index (χ4n) is 1.78. The summed E-state index contributed by atoms with van der Waals surface area (Å²) in [7, 11) is 0. The Labute approximate surface area is 112 Å². The number of rotatable bonds is 2. The molecule has 18 heavy (non-hydrogen) atoms. The van der Waals surface area contributed by atoms with Crippen molar-refractivity contribution in [1.29, 1.82) is 0 Å². The van der Waals surface area contributed by atoms with E-state index >= 15 is 0 Å². The lowest BCUT2D eigenvalue weighted by Crippen LogP contribution is -2.40. The molecule has 96 valence electrons. The van der Waals surface area contributed by atoms with Gasteiger partial charge >= 0.3 is 0 Å². The monoisotopic (exact) mass is 314 g/mol. The lowest BCUT2D eigenvalue weighted by atomic mass is 9.98. The van der Waals surface area contributed by atoms with E-state index in [1.54, 1.807) is 0 Å². The molecule has 6 heteroatoms. The van der Waals surface area contributed by atoms with Crippen molar-refractivity contribution < 1.29 is 14.0 Å². The molecule has 1 fully saturated rings. The first-order chi connectivity index (χ1) is 8.56. The van der Waals surface area contributed by atoms with Gasteiger partial charge in [0.25, 0.3) is 0 Å². The average molecular weight is 315 g/mol. The summed E-state index contributed by atoms with van der Waals surface area (Å²) in [6, 6.07) is 4.07. The third-order valence-electron chi connectivity index (χ3n) is 2.83. The molecule has 2 amide bonds. The van der Waals surface area contributed by atoms with Crippen LogP contribution in [0.4, 0.5) is 10.1 Å². The zero-order valence-electron chi connectivity index (χ0n) is 9.50. The van der Waals surface area contributed by atoms with Crippen molar-refractivity contribution in [3.8, 4) is 0 Å². The number of anilines is 1. The Morgan fingerprint density at radius 1 is 1.50 bits per heavy atom. The topological polar surface area (TPSA) is 58.2 Å². The number of benzene rings is 1. The molecule has 1 atom stereocenters. The van der Waals surface area contributed by atoms with Crippen LogP contribution < -0.4 is 10.6 Å². The molecule has 0 saturated carbocycles. The number of carbonyl (C=O) groups excluding carboxylic acids is 2. The Bertz CT molecular complexity index is 483. The number of amides is 2. The van der Waals surface area contributed by atoms with E-state index in [1.165, 1.54) is 18.2 Å². The molecule has 1 aromatic carbocycles. The van der Waals surface area contributed by atoms with Gasteiger partial charge in [-0.25, -0.2) is 4.39 Å². The minimum Gasteiger partial charge on any atom is -0.355 e. The van der Waals surface area contributed by atoms with Gasteiger partial charge in [0.05, 0.1) is 11.6 Å². The van der Waals surface area contributed by atoms with Gasteiger partial charge in [-0.3, -0.25) is 9.59 Å². The largest absolute Gasteiger partial charge is 0.355 e. The van der Waals surface area contributed by atoms with Crippen LogP contribution in [-0.4, -0.2) is 18.4 Å². The number of nitrogens with one attached hydrogen (secondary N) is 2. The van der Waals surface area contributed by atoms with E-state index in [4.69, 9.17) is 0 Å². The van der Waals surface area contributed by atoms with Gasteiger partial charge in [-0.2, -0.15) is 0 Å². The van der Waals surface area contributed by atoms with Crippen LogP contribution in [0.25, 0.3) is 0 Å². The average Bonchev–Trinajstić information content (AvgIpc) is 2.33. The molecule has 0 radical (unpaired) electrons. The molecular formula is C12H12BrFN2O2. The molecule has 0 aliphatic carbocycles. The third-order valence-corrected chi connectivity index (χ3v) is 3.48. The van der Waals surface area contributed by atoms with E-state index in [-0.39, 0.29) is 23.5 Å². The predicted octanol–water partition coefficient (Wildman–Crippen LogP) is 2.05. The zero-order valence-corrected chi connectivity index (χ0v) is 11.1. The minimum atomic E-state index is -0.371. The molecule has 2 N–H and O–H groups in total. The molecular weight excluding hydrogens is 303 g/mol. The summed E-state index contributed by atoms with van der Waals surface area (Å²) >= 11 is 3.18. The van der Waals surface area contributed by atoms with Gasteiger partial charge in [-0.15, -0.1) is 0 Å². The van der Waals surface area contributed by atoms with Gasteiger partial charge in [0.2, 0.25) is 11.8 Å². The first-order valence-electron chi connectivity index (χ1n) is 5.59. The second-order valence-corrected chi connectivity index (χ2v) is 5.01. The van der Waals surface area contributed by atoms with Crippen LogP contribution in [0.15, 0.2) is 22.7 Å². The van der Waals surface area contributed by atoms with Crippen molar-refractivity contribution in [2.45, 2.75) is 12.8 Å². The number of halogens is 2. The first-order valence-corrected chi connectivity index (χ1v) is 6.38. The summed E-state index contributed by atoms with van der Waals surface area (Å²) in [6.07, 6.45) is 0.902. The molecule has 1 saturated heterocycles. The van der Waals surface area contributed by atoms with Crippen molar-refractivity contribution in [3.05, 3.63) is 28.5 Å². The smallest absolute Gasteiger partial charge is 0.229 e. The fraction of sp³-hybridized carbons (Fsp3) is 0.333. The Kier molecular flexibility index (Phi) is 3.96. The van der Waals surface area contributed by atoms with E-state index in [9.17, 15) is 14.0 Å². The Balaban J connectivity index is 2.00. The van der Waals surface area contributed by atoms with Crippen molar-refractivity contribution >= 4 is 33.4 Å². The van der Waals surface area contributed by atoms with Crippen molar-refractivity contribution in [2.24, 2.45) is 5.92 Å². The van der Waals surface area contributed by atoms with Crippen LogP contribution in [0.2, 0.25) is 0 Å². The molecule has 1 aromatic rings. The second-order valence-electron chi connectivity index (χ2n) is 4.15. The molecule has 1 aliphatic rings. The van der Waals surface area contributed by atoms with Crippen molar-refractivity contribution in [1.82, 2.24) is 5.32 Å². The lowest BCUT2D eigenvalue weighted by Gasteiger charge is -2.21. The maximum Gasteiger partial charge on any atom is 0.229 e. The normalized spacial score (nSPS) is 19.2. The van der Waals surface area contributed by atoms with Crippen LogP contribution in [0.3, 0.4) is 0 Å². The number of hydrogen-bond donors (Lipinski definition) is 2. The van der Waals surface area contributed by atoms with Gasteiger partial charge < -0.3 is 10.6 Å². The highest BCUT2D eigenvalue weighted by Crippen LogP contribution is 2.24. The zero-order chi connectivity index (χ0) is 13.1. The molecule has 1 unspecified atom stereocenters. The van der Waals surface area contributed by atoms with E-state index in [1.807, 2.05) is 0 Å². The summed E-state index contributed by atoms with van der Waals surface area (Å²) in [5, 5.41) is 5.37. The van der Waals surface area contributed by atoms with Crippen molar-refractivity contribution in [3.63, 3.8) is 0 Å². The lowest BCUT2D eigenvalue weighted by molar-refractivity contribution is -0.126. The van der Waals surface area contributed by atoms with Gasteiger partial charge in [-0.05, 0) is 40.5 Å². The summed E-state index contributed by atoms with van der Waals surface area (Å²) in [5.74, 6) is -0.797. The molecule has 0 aromatic heterocycles. The predicted molar refractivity (Wildman–Crippen MR) is 68.5 cm³/mol. The summed E-state index contributed by atoms with van der Waals surface area (Å²) in [4.78, 5) is 22.9. The number of piperidine rings is 1. The van der Waals surface area contributed by atoms with E-state index in [0.29, 0.717) is 29.5 Å². The highest BCUT2D eigenvalue weighted by Gasteiger charge is 2.24. The number of hydrogen-bond acceptors (Lipinski definition) is 2. The fourth-order valence-corrected chi connectivity index (χ4v) is 2.23. The maximum atomic E-state index is 12.9. The second kappa shape index (κ2) is 5.48. The highest BCUT2D eigenvalue weighted by atomic mass is 79.9. The SMILES string of the molecule is O=C1CCC(C(=O)Nc2ccc(F)cc2Br)CN1. The minimum absolute atomic E-state index is 0.0259. The van der Waals surface area contributed by atoms with Crippen LogP contribution >= 0.6 is 15.9 Å². The molecule has 0 spiro atoms. The van der Waals surface area contributed by atoms with E-state index < -0.39 is 0 Å². The Morgan fingerprint density at radius 3 is 2.89 bits per heavy atom. The third kappa shape index (κ3) is 3.07. The Morgan fingerprint density at radius 2 is 2.28 bits per heavy atom. The molecule has 0 bridgehead atoms. The van der Waals surface area contributed by atoms with Crippen LogP contribution in [-0.2, 0) is 9.59 Å². The molecule has 4 nitrogen and oxygen atoms in total. The standard InChI is InChI=1S/C12H12BrFN2O2/c13-9-5-8(14)2-3-10(9)16-12(18)7-1-4-11(17)15-6-7/h2-3,5,7H,1,4,6H2,(H,15,17)(H,16,18). The quantitative estimate of drug-likeness (QED) is 0.877. The van der Waals surface area contributed by atoms with Gasteiger partial charge in [0.1, 0.15) is 5.82 Å². The highest BCUT2D eigenvalue weighted by molar-refractivity contribution is 9.10. The molecule has 1 aliphatic heterocycles. The summed E-state index contributed by atoms with van der Waals surface area (Å²) < 4.78 is 13.4. The van der Waals surface area contributed by atoms with E-state index in [2.05, 4.69) is 26.6 Å². The van der Waals surface area contributed by atoms with E-state index in [0.717, 1.165) is 0 Å².